The molecule has 0 spiro atoms. The maximum Gasteiger partial charge on any atom is 0.272 e. The van der Waals surface area contributed by atoms with Gasteiger partial charge in [-0.1, -0.05) is 6.07 Å². The highest BCUT2D eigenvalue weighted by atomic mass is 16.5. The molecule has 0 saturated heterocycles. The van der Waals surface area contributed by atoms with Crippen molar-refractivity contribution in [2.75, 3.05) is 33.9 Å². The van der Waals surface area contributed by atoms with Gasteiger partial charge in [-0.05, 0) is 50.5 Å². The second-order valence-corrected chi connectivity index (χ2v) is 8.66. The highest BCUT2D eigenvalue weighted by Gasteiger charge is 2.32. The molecule has 2 bridgehead atoms. The maximum absolute atomic E-state index is 13.2. The van der Waals surface area contributed by atoms with Gasteiger partial charge in [0.2, 0.25) is 5.91 Å². The zero-order valence-electron chi connectivity index (χ0n) is 19.1. The molecule has 0 unspecified atom stereocenters. The molecule has 0 fully saturated rings. The second-order valence-electron chi connectivity index (χ2n) is 8.66. The topological polar surface area (TPSA) is 76.9 Å². The zero-order valence-corrected chi connectivity index (χ0v) is 19.1. The van der Waals surface area contributed by atoms with E-state index in [1.54, 1.807) is 36.0 Å². The first-order valence-electron chi connectivity index (χ1n) is 10.6. The van der Waals surface area contributed by atoms with Crippen molar-refractivity contribution in [3.63, 3.8) is 0 Å². The van der Waals surface area contributed by atoms with Gasteiger partial charge in [0.1, 0.15) is 12.3 Å². The van der Waals surface area contributed by atoms with Gasteiger partial charge >= 0.3 is 0 Å². The second kappa shape index (κ2) is 9.41. The van der Waals surface area contributed by atoms with Crippen LogP contribution in [0.25, 0.3) is 0 Å². The van der Waals surface area contributed by atoms with Crippen molar-refractivity contribution in [2.45, 2.75) is 33.2 Å². The largest absolute Gasteiger partial charge is 0.493 e. The number of carbonyl (C=O) groups excluding carboxylic acids is 2. The van der Waals surface area contributed by atoms with Gasteiger partial charge in [-0.25, -0.2) is 0 Å². The van der Waals surface area contributed by atoms with E-state index in [2.05, 4.69) is 5.10 Å². The molecule has 31 heavy (non-hydrogen) atoms. The lowest BCUT2D eigenvalue weighted by atomic mass is 9.92. The van der Waals surface area contributed by atoms with Gasteiger partial charge in [0.15, 0.2) is 11.5 Å². The molecule has 1 aliphatic rings. The fraction of sp³-hybridized carbons (Fsp3) is 0.522. The van der Waals surface area contributed by atoms with Crippen LogP contribution in [0.3, 0.4) is 0 Å². The number of fused-ring (bicyclic) bond motifs is 2. The van der Waals surface area contributed by atoms with Crippen LogP contribution < -0.4 is 9.47 Å². The number of nitrogens with zero attached hydrogens (tertiary/aromatic N) is 4. The first kappa shape index (κ1) is 22.7. The standard InChI is InChI=1S/C23H32N4O4/c1-23(2)16-31-20-14-17(8-9-19(20)30-5)15-27(13-7-6-12-25(3)22(23)29)21(28)18-10-11-24-26(18)4/h8-11,14H,6-7,12-13,15-16H2,1-5H3. The predicted molar refractivity (Wildman–Crippen MR) is 117 cm³/mol. The fourth-order valence-electron chi connectivity index (χ4n) is 3.74. The fourth-order valence-corrected chi connectivity index (χ4v) is 3.74. The summed E-state index contributed by atoms with van der Waals surface area (Å²) < 4.78 is 13.1. The summed E-state index contributed by atoms with van der Waals surface area (Å²) in [5.74, 6) is 1.11. The number of benzene rings is 1. The minimum atomic E-state index is -0.665. The van der Waals surface area contributed by atoms with Crippen LogP contribution in [-0.4, -0.2) is 65.2 Å². The third-order valence-electron chi connectivity index (χ3n) is 5.61. The Morgan fingerprint density at radius 1 is 1.16 bits per heavy atom. The van der Waals surface area contributed by atoms with Gasteiger partial charge in [0.05, 0.1) is 12.5 Å². The summed E-state index contributed by atoms with van der Waals surface area (Å²) in [6.45, 7) is 5.67. The van der Waals surface area contributed by atoms with Gasteiger partial charge in [-0.3, -0.25) is 14.3 Å². The SMILES string of the molecule is COc1ccc2cc1OCC(C)(C)C(=O)N(C)CCCCN(C(=O)c1ccnn1C)C2. The van der Waals surface area contributed by atoms with Crippen LogP contribution in [0.2, 0.25) is 0 Å². The van der Waals surface area contributed by atoms with Crippen LogP contribution in [0.5, 0.6) is 11.5 Å². The number of hydrogen-bond donors (Lipinski definition) is 0. The van der Waals surface area contributed by atoms with E-state index in [-0.39, 0.29) is 18.4 Å². The van der Waals surface area contributed by atoms with E-state index in [0.717, 1.165) is 18.4 Å². The summed E-state index contributed by atoms with van der Waals surface area (Å²) in [5, 5.41) is 4.13. The van der Waals surface area contributed by atoms with Gasteiger partial charge in [0, 0.05) is 39.9 Å². The van der Waals surface area contributed by atoms with Crippen LogP contribution >= 0.6 is 0 Å². The smallest absolute Gasteiger partial charge is 0.272 e. The Morgan fingerprint density at radius 2 is 1.90 bits per heavy atom. The summed E-state index contributed by atoms with van der Waals surface area (Å²) >= 11 is 0. The zero-order chi connectivity index (χ0) is 22.6. The Labute approximate surface area is 183 Å². The predicted octanol–water partition coefficient (Wildman–Crippen LogP) is 2.73. The van der Waals surface area contributed by atoms with Crippen molar-refractivity contribution in [3.8, 4) is 11.5 Å². The van der Waals surface area contributed by atoms with E-state index >= 15 is 0 Å². The summed E-state index contributed by atoms with van der Waals surface area (Å²) in [5.41, 5.74) is 0.811. The lowest BCUT2D eigenvalue weighted by Crippen LogP contribution is -2.42. The number of methoxy groups -OCH3 is 1. The molecule has 0 aliphatic carbocycles. The summed E-state index contributed by atoms with van der Waals surface area (Å²) in [6.07, 6.45) is 3.22. The number of rotatable bonds is 2. The van der Waals surface area contributed by atoms with E-state index in [9.17, 15) is 9.59 Å². The molecule has 0 atom stereocenters. The third kappa shape index (κ3) is 5.18. The molecule has 1 aromatic carbocycles. The van der Waals surface area contributed by atoms with E-state index in [1.165, 1.54) is 0 Å². The normalized spacial score (nSPS) is 17.6. The van der Waals surface area contributed by atoms with Crippen LogP contribution in [-0.2, 0) is 18.4 Å². The first-order valence-corrected chi connectivity index (χ1v) is 10.6. The molecule has 0 N–H and O–H groups in total. The van der Waals surface area contributed by atoms with Crippen molar-refractivity contribution in [1.29, 1.82) is 0 Å². The van der Waals surface area contributed by atoms with E-state index in [4.69, 9.17) is 9.47 Å². The summed E-state index contributed by atoms with van der Waals surface area (Å²) in [4.78, 5) is 29.7. The maximum atomic E-state index is 13.2. The van der Waals surface area contributed by atoms with Gasteiger partial charge in [-0.15, -0.1) is 0 Å². The van der Waals surface area contributed by atoms with Crippen molar-refractivity contribution in [1.82, 2.24) is 19.6 Å². The van der Waals surface area contributed by atoms with Crippen LogP contribution in [0.4, 0.5) is 0 Å². The highest BCUT2D eigenvalue weighted by Crippen LogP contribution is 2.31. The van der Waals surface area contributed by atoms with E-state index in [1.807, 2.05) is 44.0 Å². The average molecular weight is 429 g/mol. The number of hydrogen-bond acceptors (Lipinski definition) is 5. The number of amides is 2. The Morgan fingerprint density at radius 3 is 2.58 bits per heavy atom. The monoisotopic (exact) mass is 428 g/mol. The van der Waals surface area contributed by atoms with Crippen molar-refractivity contribution < 1.29 is 19.1 Å². The number of ether oxygens (including phenoxy) is 2. The van der Waals surface area contributed by atoms with Crippen LogP contribution in [0, 0.1) is 5.41 Å². The van der Waals surface area contributed by atoms with Gasteiger partial charge in [-0.2, -0.15) is 5.10 Å². The lowest BCUT2D eigenvalue weighted by Gasteiger charge is -2.30. The van der Waals surface area contributed by atoms with E-state index < -0.39 is 5.41 Å². The lowest BCUT2D eigenvalue weighted by molar-refractivity contribution is -0.140. The molecule has 2 heterocycles. The average Bonchev–Trinajstić information content (AvgIpc) is 3.18. The molecule has 8 nitrogen and oxygen atoms in total. The van der Waals surface area contributed by atoms with Crippen molar-refractivity contribution in [2.24, 2.45) is 12.5 Å². The number of carbonyl (C=O) groups is 2. The Kier molecular flexibility index (Phi) is 6.87. The molecule has 0 radical (unpaired) electrons. The molecule has 2 aromatic rings. The molecule has 0 saturated carbocycles. The van der Waals surface area contributed by atoms with Gasteiger partial charge < -0.3 is 19.3 Å². The van der Waals surface area contributed by atoms with Crippen molar-refractivity contribution >= 4 is 11.8 Å². The summed E-state index contributed by atoms with van der Waals surface area (Å²) in [7, 11) is 5.16. The molecule has 1 aromatic heterocycles. The quantitative estimate of drug-likeness (QED) is 0.735. The van der Waals surface area contributed by atoms with Crippen LogP contribution in [0.1, 0.15) is 42.7 Å². The molecule has 1 aliphatic heterocycles. The molecular weight excluding hydrogens is 396 g/mol. The number of aryl methyl sites for hydroxylation is 1. The van der Waals surface area contributed by atoms with Crippen LogP contribution in [0.15, 0.2) is 30.5 Å². The molecule has 168 valence electrons. The molecule has 2 amide bonds. The Bertz CT molecular complexity index is 937. The minimum Gasteiger partial charge on any atom is -0.493 e. The number of aromatic nitrogens is 2. The molecule has 8 heteroatoms. The third-order valence-corrected chi connectivity index (χ3v) is 5.61. The van der Waals surface area contributed by atoms with Crippen molar-refractivity contribution in [3.05, 3.63) is 41.7 Å². The van der Waals surface area contributed by atoms with Gasteiger partial charge in [0.25, 0.3) is 5.91 Å². The molecular formula is C23H32N4O4. The highest BCUT2D eigenvalue weighted by molar-refractivity contribution is 5.92. The Balaban J connectivity index is 1.93. The summed E-state index contributed by atoms with van der Waals surface area (Å²) in [6, 6.07) is 7.39. The Hall–Kier alpha value is -3.03. The minimum absolute atomic E-state index is 0.0301. The first-order chi connectivity index (χ1) is 14.7. The van der Waals surface area contributed by atoms with E-state index in [0.29, 0.717) is 36.8 Å². The molecule has 3 rings (SSSR count).